The molecule has 0 bridgehead atoms. The number of ether oxygens (including phenoxy) is 1. The first-order chi connectivity index (χ1) is 22.9. The van der Waals surface area contributed by atoms with E-state index >= 15 is 0 Å². The number of unbranched alkanes of at least 4 members (excludes halogenated alkanes) is 2. The van der Waals surface area contributed by atoms with E-state index in [9.17, 15) is 66.1 Å². The van der Waals surface area contributed by atoms with Crippen molar-refractivity contribution in [3.63, 3.8) is 0 Å². The highest BCUT2D eigenvalue weighted by atomic mass is 16.6. The summed E-state index contributed by atoms with van der Waals surface area (Å²) in [4.78, 5) is 13.2. The molecule has 14 nitrogen and oxygen atoms in total. The number of rotatable bonds is 5. The highest BCUT2D eigenvalue weighted by Crippen LogP contribution is 2.25. The highest BCUT2D eigenvalue weighted by Gasteiger charge is 2.39. The van der Waals surface area contributed by atoms with Gasteiger partial charge >= 0.3 is 5.97 Å². The second-order valence-electron chi connectivity index (χ2n) is 13.3. The Morgan fingerprint density at radius 1 is 0.735 bits per heavy atom. The maximum absolute atomic E-state index is 13.2. The first-order valence-electron chi connectivity index (χ1n) is 17.0. The van der Waals surface area contributed by atoms with Crippen LogP contribution in [0.4, 0.5) is 0 Å². The minimum atomic E-state index is -1.99. The Labute approximate surface area is 288 Å². The first-order valence-corrected chi connectivity index (χ1v) is 17.0. The van der Waals surface area contributed by atoms with Crippen molar-refractivity contribution in [2.45, 2.75) is 157 Å². The maximum Gasteiger partial charge on any atom is 0.314 e. The average Bonchev–Trinajstić information content (AvgIpc) is 3.00. The number of hydrogen-bond acceptors (Lipinski definition) is 14. The quantitative estimate of drug-likeness (QED) is 0.121. The number of hydrogen-bond donors (Lipinski definition) is 12. The van der Waals surface area contributed by atoms with Crippen molar-refractivity contribution in [2.75, 3.05) is 0 Å². The Morgan fingerprint density at radius 2 is 1.22 bits per heavy atom. The largest absolute Gasteiger partial charge is 0.459 e. The van der Waals surface area contributed by atoms with E-state index in [1.165, 1.54) is 62.5 Å². The Balaban J connectivity index is 3.25. The third kappa shape index (κ3) is 16.7. The molecule has 3 unspecified atom stereocenters. The summed E-state index contributed by atoms with van der Waals surface area (Å²) < 4.78 is 5.34. The number of cyclic esters (lactones) is 1. The molecule has 0 aliphatic carbocycles. The fraction of sp³-hybridized carbons (Fsp3) is 0.743. The van der Waals surface area contributed by atoms with Crippen molar-refractivity contribution >= 4 is 5.97 Å². The predicted molar refractivity (Wildman–Crippen MR) is 180 cm³/mol. The first kappa shape index (κ1) is 45.0. The van der Waals surface area contributed by atoms with Crippen molar-refractivity contribution in [1.29, 1.82) is 0 Å². The third-order valence-electron chi connectivity index (χ3n) is 8.61. The summed E-state index contributed by atoms with van der Waals surface area (Å²) in [5.41, 5.74) is -1.99. The summed E-state index contributed by atoms with van der Waals surface area (Å²) in [6.07, 6.45) is -6.66. The molecule has 0 aromatic heterocycles. The molecule has 284 valence electrons. The van der Waals surface area contributed by atoms with Gasteiger partial charge < -0.3 is 66.0 Å². The fourth-order valence-electron chi connectivity index (χ4n) is 5.59. The van der Waals surface area contributed by atoms with Crippen LogP contribution in [0.25, 0.3) is 0 Å². The number of esters is 1. The van der Waals surface area contributed by atoms with Gasteiger partial charge in [0, 0.05) is 12.8 Å². The average molecular weight is 705 g/mol. The van der Waals surface area contributed by atoms with E-state index in [2.05, 4.69) is 0 Å². The van der Waals surface area contributed by atoms with Crippen molar-refractivity contribution in [3.05, 3.63) is 48.6 Å². The van der Waals surface area contributed by atoms with Gasteiger partial charge in [0.05, 0.1) is 42.7 Å². The van der Waals surface area contributed by atoms with Crippen LogP contribution in [-0.4, -0.2) is 146 Å². The second-order valence-corrected chi connectivity index (χ2v) is 13.3. The van der Waals surface area contributed by atoms with Crippen LogP contribution < -0.4 is 0 Å². The van der Waals surface area contributed by atoms with E-state index in [4.69, 9.17) is 4.74 Å². The molecule has 49 heavy (non-hydrogen) atoms. The smallest absolute Gasteiger partial charge is 0.314 e. The molecule has 0 radical (unpaired) electrons. The van der Waals surface area contributed by atoms with E-state index in [1.54, 1.807) is 0 Å². The van der Waals surface area contributed by atoms with Crippen molar-refractivity contribution in [1.82, 2.24) is 0 Å². The van der Waals surface area contributed by atoms with E-state index in [0.29, 0.717) is 6.42 Å². The fourth-order valence-corrected chi connectivity index (χ4v) is 5.59. The van der Waals surface area contributed by atoms with Gasteiger partial charge in [-0.2, -0.15) is 0 Å². The van der Waals surface area contributed by atoms with Crippen molar-refractivity contribution in [3.8, 4) is 0 Å². The SMILES string of the molecule is CCCCC[C@H](O)C1C(=O)O[C@H](C)[C@@H](O)C(O)/C=C/C=C/C=C/C=C/C(C)(O)[C@@H](O)[C@H](O)[C@H](O)C[C@@H](O)C[C@@H](O)C[C@@H](O)C[C@@H](O)C[C@@H]1O. The van der Waals surface area contributed by atoms with Crippen LogP contribution in [0.3, 0.4) is 0 Å². The van der Waals surface area contributed by atoms with Gasteiger partial charge in [0.2, 0.25) is 0 Å². The van der Waals surface area contributed by atoms with E-state index in [1.807, 2.05) is 6.92 Å². The molecule has 14 atom stereocenters. The molecule has 1 aliphatic heterocycles. The standard InChI is InChI=1S/C35H60O14/c1-4-5-10-13-26(40)30-28(42)19-24(38)17-22(36)16-23(37)18-25(39)20-29(43)32(45)33(46)35(3,48)15-12-9-7-6-8-11-14-27(41)31(44)21(2)49-34(30)47/h6-9,11-12,14-15,21-33,36-46,48H,4-5,10,13,16-20H2,1-3H3/b8-6+,9-7+,14-11+,15-12+/t21-,22-,23+,24-,25+,26+,27?,28+,29-,30?,31-,32-,33+,35?/m1/s1. The Bertz CT molecular complexity index is 1050. The maximum atomic E-state index is 13.2. The number of aliphatic hydroxyl groups excluding tert-OH is 11. The summed E-state index contributed by atoms with van der Waals surface area (Å²) >= 11 is 0. The second kappa shape index (κ2) is 22.7. The number of carbonyl (C=O) groups is 1. The van der Waals surface area contributed by atoms with Crippen LogP contribution in [0.2, 0.25) is 0 Å². The minimum Gasteiger partial charge on any atom is -0.459 e. The lowest BCUT2D eigenvalue weighted by atomic mass is 9.87. The lowest BCUT2D eigenvalue weighted by Gasteiger charge is -2.33. The summed E-state index contributed by atoms with van der Waals surface area (Å²) in [5.74, 6) is -2.58. The molecule has 0 amide bonds. The molecule has 14 heteroatoms. The molecular formula is C35H60O14. The van der Waals surface area contributed by atoms with Gasteiger partial charge in [-0.25, -0.2) is 0 Å². The van der Waals surface area contributed by atoms with E-state index < -0.39 is 104 Å². The molecule has 0 spiro atoms. The van der Waals surface area contributed by atoms with Gasteiger partial charge in [0.1, 0.15) is 42.0 Å². The van der Waals surface area contributed by atoms with Gasteiger partial charge in [-0.05, 0) is 39.5 Å². The molecular weight excluding hydrogens is 644 g/mol. The third-order valence-corrected chi connectivity index (χ3v) is 8.61. The molecule has 0 fully saturated rings. The van der Waals surface area contributed by atoms with Gasteiger partial charge in [-0.15, -0.1) is 0 Å². The summed E-state index contributed by atoms with van der Waals surface area (Å²) in [6.45, 7) is 4.48. The number of allylic oxidation sites excluding steroid dienone is 6. The van der Waals surface area contributed by atoms with Gasteiger partial charge in [0.25, 0.3) is 0 Å². The Kier molecular flexibility index (Phi) is 20.8. The normalized spacial score (nSPS) is 42.1. The summed E-state index contributed by atoms with van der Waals surface area (Å²) in [6, 6.07) is 0. The monoisotopic (exact) mass is 704 g/mol. The minimum absolute atomic E-state index is 0.140. The summed E-state index contributed by atoms with van der Waals surface area (Å²) in [7, 11) is 0. The van der Waals surface area contributed by atoms with E-state index in [0.717, 1.165) is 12.8 Å². The molecule has 0 aromatic carbocycles. The number of carbonyl (C=O) groups excluding carboxylic acids is 1. The van der Waals surface area contributed by atoms with E-state index in [-0.39, 0.29) is 25.7 Å². The van der Waals surface area contributed by atoms with Crippen LogP contribution in [0, 0.1) is 5.92 Å². The zero-order valence-electron chi connectivity index (χ0n) is 28.7. The Hall–Kier alpha value is -2.05. The topological polar surface area (TPSA) is 269 Å². The van der Waals surface area contributed by atoms with Crippen LogP contribution in [0.5, 0.6) is 0 Å². The molecule has 0 saturated carbocycles. The molecule has 12 N–H and O–H groups in total. The number of aliphatic hydroxyl groups is 12. The molecule has 0 aromatic rings. The summed E-state index contributed by atoms with van der Waals surface area (Å²) in [5, 5.41) is 126. The molecule has 1 rings (SSSR count). The molecule has 1 heterocycles. The molecule has 1 aliphatic rings. The van der Waals surface area contributed by atoms with Gasteiger partial charge in [0.15, 0.2) is 0 Å². The van der Waals surface area contributed by atoms with Gasteiger partial charge in [-0.1, -0.05) is 74.8 Å². The van der Waals surface area contributed by atoms with Crippen molar-refractivity contribution < 1.29 is 70.8 Å². The van der Waals surface area contributed by atoms with Crippen molar-refractivity contribution in [2.24, 2.45) is 5.92 Å². The zero-order chi connectivity index (χ0) is 37.3. The van der Waals surface area contributed by atoms with Crippen LogP contribution >= 0.6 is 0 Å². The van der Waals surface area contributed by atoms with Gasteiger partial charge in [-0.3, -0.25) is 4.79 Å². The Morgan fingerprint density at radius 3 is 1.78 bits per heavy atom. The lowest BCUT2D eigenvalue weighted by Crippen LogP contribution is -2.51. The highest BCUT2D eigenvalue weighted by molar-refractivity contribution is 5.74. The van der Waals surface area contributed by atoms with Crippen LogP contribution in [0.1, 0.15) is 78.6 Å². The lowest BCUT2D eigenvalue weighted by molar-refractivity contribution is -0.172. The predicted octanol–water partition coefficient (Wildman–Crippen LogP) is -0.976. The van der Waals surface area contributed by atoms with Crippen LogP contribution in [-0.2, 0) is 9.53 Å². The van der Waals surface area contributed by atoms with Crippen LogP contribution in [0.15, 0.2) is 48.6 Å². The zero-order valence-corrected chi connectivity index (χ0v) is 28.7. The molecule has 0 saturated heterocycles.